The third kappa shape index (κ3) is 2.41. The van der Waals surface area contributed by atoms with Crippen molar-refractivity contribution < 1.29 is 8.42 Å². The van der Waals surface area contributed by atoms with E-state index in [9.17, 15) is 8.42 Å². The molecule has 0 aromatic rings. The van der Waals surface area contributed by atoms with Gasteiger partial charge in [0.1, 0.15) is 0 Å². The van der Waals surface area contributed by atoms with Gasteiger partial charge in [0, 0.05) is 24.7 Å². The second kappa shape index (κ2) is 4.63. The lowest BCUT2D eigenvalue weighted by molar-refractivity contribution is 0.0604. The number of hydrogen-bond donors (Lipinski definition) is 1. The molecule has 0 bridgehead atoms. The molecule has 0 radical (unpaired) electrons. The van der Waals surface area contributed by atoms with Crippen molar-refractivity contribution in [2.45, 2.75) is 50.7 Å². The number of sulfone groups is 1. The fraction of sp³-hybridized carbons (Fsp3) is 1.00. The minimum atomic E-state index is -2.78. The highest BCUT2D eigenvalue weighted by Gasteiger charge is 2.38. The molecule has 94 valence electrons. The standard InChI is InChI=1S/C11H22N2O2S/c1-9-3-2-4-10(7-12)13(9)11-5-6-16(14,15)8-11/h9-11H,2-8,12H2,1H3. The quantitative estimate of drug-likeness (QED) is 0.765. The monoisotopic (exact) mass is 246 g/mol. The highest BCUT2D eigenvalue weighted by Crippen LogP contribution is 2.29. The first-order chi connectivity index (χ1) is 7.53. The molecular weight excluding hydrogens is 224 g/mol. The number of likely N-dealkylation sites (tertiary alicyclic amines) is 1. The second-order valence-electron chi connectivity index (χ2n) is 5.17. The SMILES string of the molecule is CC1CCCC(CN)N1C1CCS(=O)(=O)C1. The molecule has 3 atom stereocenters. The molecule has 0 amide bonds. The molecule has 0 aromatic carbocycles. The highest BCUT2D eigenvalue weighted by atomic mass is 32.2. The minimum Gasteiger partial charge on any atom is -0.329 e. The van der Waals surface area contributed by atoms with Gasteiger partial charge in [0.2, 0.25) is 0 Å². The summed E-state index contributed by atoms with van der Waals surface area (Å²) in [6.07, 6.45) is 4.31. The molecule has 2 saturated heterocycles. The number of hydrogen-bond acceptors (Lipinski definition) is 4. The van der Waals surface area contributed by atoms with Crippen LogP contribution in [0.25, 0.3) is 0 Å². The Kier molecular flexibility index (Phi) is 3.56. The smallest absolute Gasteiger partial charge is 0.151 e. The lowest BCUT2D eigenvalue weighted by Gasteiger charge is -2.43. The van der Waals surface area contributed by atoms with Gasteiger partial charge in [-0.15, -0.1) is 0 Å². The van der Waals surface area contributed by atoms with Crippen LogP contribution in [-0.2, 0) is 9.84 Å². The van der Waals surface area contributed by atoms with Crippen LogP contribution in [0.2, 0.25) is 0 Å². The van der Waals surface area contributed by atoms with Crippen LogP contribution in [0.15, 0.2) is 0 Å². The number of nitrogens with two attached hydrogens (primary N) is 1. The van der Waals surface area contributed by atoms with Crippen molar-refractivity contribution in [3.8, 4) is 0 Å². The van der Waals surface area contributed by atoms with E-state index in [1.54, 1.807) is 0 Å². The Balaban J connectivity index is 2.11. The van der Waals surface area contributed by atoms with Gasteiger partial charge in [0.25, 0.3) is 0 Å². The Bertz CT molecular complexity index is 342. The van der Waals surface area contributed by atoms with Gasteiger partial charge >= 0.3 is 0 Å². The van der Waals surface area contributed by atoms with Gasteiger partial charge in [0.05, 0.1) is 11.5 Å². The molecule has 2 fully saturated rings. The Hall–Kier alpha value is -0.130. The molecule has 4 nitrogen and oxygen atoms in total. The van der Waals surface area contributed by atoms with E-state index in [0.717, 1.165) is 12.8 Å². The van der Waals surface area contributed by atoms with E-state index >= 15 is 0 Å². The maximum Gasteiger partial charge on any atom is 0.151 e. The first kappa shape index (κ1) is 12.3. The Morgan fingerprint density at radius 1 is 1.31 bits per heavy atom. The van der Waals surface area contributed by atoms with Crippen LogP contribution >= 0.6 is 0 Å². The van der Waals surface area contributed by atoms with Gasteiger partial charge in [-0.05, 0) is 26.2 Å². The lowest BCUT2D eigenvalue weighted by Crippen LogP contribution is -2.54. The summed E-state index contributed by atoms with van der Waals surface area (Å²) in [5, 5.41) is 0. The van der Waals surface area contributed by atoms with E-state index in [-0.39, 0.29) is 6.04 Å². The Morgan fingerprint density at radius 2 is 2.06 bits per heavy atom. The summed E-state index contributed by atoms with van der Waals surface area (Å²) in [6, 6.07) is 1.09. The predicted molar refractivity (Wildman–Crippen MR) is 65.1 cm³/mol. The van der Waals surface area contributed by atoms with Crippen molar-refractivity contribution in [1.29, 1.82) is 0 Å². The largest absolute Gasteiger partial charge is 0.329 e. The average Bonchev–Trinajstić information content (AvgIpc) is 2.58. The number of nitrogens with zero attached hydrogens (tertiary/aromatic N) is 1. The van der Waals surface area contributed by atoms with Crippen molar-refractivity contribution in [3.63, 3.8) is 0 Å². The summed E-state index contributed by atoms with van der Waals surface area (Å²) < 4.78 is 23.1. The normalized spacial score (nSPS) is 40.0. The molecule has 16 heavy (non-hydrogen) atoms. The van der Waals surface area contributed by atoms with E-state index < -0.39 is 9.84 Å². The molecule has 0 aromatic heterocycles. The zero-order valence-electron chi connectivity index (χ0n) is 9.93. The van der Waals surface area contributed by atoms with Crippen molar-refractivity contribution in [2.75, 3.05) is 18.1 Å². The second-order valence-corrected chi connectivity index (χ2v) is 7.40. The molecular formula is C11H22N2O2S. The van der Waals surface area contributed by atoms with E-state index in [1.165, 1.54) is 12.8 Å². The zero-order chi connectivity index (χ0) is 11.8. The molecule has 2 rings (SSSR count). The molecule has 2 aliphatic rings. The van der Waals surface area contributed by atoms with E-state index in [2.05, 4.69) is 11.8 Å². The van der Waals surface area contributed by atoms with Crippen LogP contribution < -0.4 is 5.73 Å². The van der Waals surface area contributed by atoms with Crippen LogP contribution in [0, 0.1) is 0 Å². The summed E-state index contributed by atoms with van der Waals surface area (Å²) in [7, 11) is -2.78. The van der Waals surface area contributed by atoms with Gasteiger partial charge < -0.3 is 5.73 Å². The first-order valence-electron chi connectivity index (χ1n) is 6.21. The average molecular weight is 246 g/mol. The molecule has 0 spiro atoms. The van der Waals surface area contributed by atoms with Crippen molar-refractivity contribution in [3.05, 3.63) is 0 Å². The third-order valence-corrected chi connectivity index (χ3v) is 5.74. The molecule has 2 aliphatic heterocycles. The minimum absolute atomic E-state index is 0.217. The van der Waals surface area contributed by atoms with Crippen LogP contribution in [-0.4, -0.2) is 49.5 Å². The van der Waals surface area contributed by atoms with E-state index in [1.807, 2.05) is 0 Å². The molecule has 5 heteroatoms. The predicted octanol–water partition coefficient (Wildman–Crippen LogP) is 0.375. The van der Waals surface area contributed by atoms with Crippen molar-refractivity contribution >= 4 is 9.84 Å². The van der Waals surface area contributed by atoms with Crippen LogP contribution in [0.4, 0.5) is 0 Å². The zero-order valence-corrected chi connectivity index (χ0v) is 10.7. The van der Waals surface area contributed by atoms with Crippen molar-refractivity contribution in [2.24, 2.45) is 5.73 Å². The third-order valence-electron chi connectivity index (χ3n) is 3.99. The summed E-state index contributed by atoms with van der Waals surface area (Å²) in [5.74, 6) is 0.700. The summed E-state index contributed by atoms with van der Waals surface area (Å²) in [5.41, 5.74) is 5.80. The molecule has 0 saturated carbocycles. The van der Waals surface area contributed by atoms with Gasteiger partial charge in [-0.1, -0.05) is 6.42 Å². The molecule has 3 unspecified atom stereocenters. The molecule has 2 heterocycles. The van der Waals surface area contributed by atoms with E-state index in [4.69, 9.17) is 5.73 Å². The topological polar surface area (TPSA) is 63.4 Å². The van der Waals surface area contributed by atoms with Crippen molar-refractivity contribution in [1.82, 2.24) is 4.90 Å². The number of rotatable bonds is 2. The summed E-state index contributed by atoms with van der Waals surface area (Å²) in [6.45, 7) is 2.85. The van der Waals surface area contributed by atoms with Gasteiger partial charge in [-0.3, -0.25) is 4.90 Å². The fourth-order valence-electron chi connectivity index (χ4n) is 3.22. The maximum absolute atomic E-state index is 11.5. The maximum atomic E-state index is 11.5. The highest BCUT2D eigenvalue weighted by molar-refractivity contribution is 7.91. The Morgan fingerprint density at radius 3 is 2.62 bits per heavy atom. The van der Waals surface area contributed by atoms with Crippen LogP contribution in [0.3, 0.4) is 0 Å². The molecule has 0 aliphatic carbocycles. The van der Waals surface area contributed by atoms with E-state index in [0.29, 0.717) is 30.1 Å². The lowest BCUT2D eigenvalue weighted by atomic mass is 9.94. The fourth-order valence-corrected chi connectivity index (χ4v) is 4.94. The Labute approximate surface area is 98.1 Å². The van der Waals surface area contributed by atoms with Gasteiger partial charge in [0.15, 0.2) is 9.84 Å². The van der Waals surface area contributed by atoms with Crippen LogP contribution in [0.1, 0.15) is 32.6 Å². The summed E-state index contributed by atoms with van der Waals surface area (Å²) in [4.78, 5) is 2.38. The van der Waals surface area contributed by atoms with Gasteiger partial charge in [-0.2, -0.15) is 0 Å². The first-order valence-corrected chi connectivity index (χ1v) is 8.03. The summed E-state index contributed by atoms with van der Waals surface area (Å²) >= 11 is 0. The number of piperidine rings is 1. The van der Waals surface area contributed by atoms with Gasteiger partial charge in [-0.25, -0.2) is 8.42 Å². The van der Waals surface area contributed by atoms with Crippen LogP contribution in [0.5, 0.6) is 0 Å². The molecule has 2 N–H and O–H groups in total.